The topological polar surface area (TPSA) is 80.5 Å². The second-order valence-electron chi connectivity index (χ2n) is 5.85. The van der Waals surface area contributed by atoms with Gasteiger partial charge in [-0.1, -0.05) is 30.3 Å². The first-order valence-corrected chi connectivity index (χ1v) is 8.89. The van der Waals surface area contributed by atoms with E-state index < -0.39 is 27.8 Å². The molecule has 1 heterocycles. The van der Waals surface area contributed by atoms with Crippen molar-refractivity contribution < 1.29 is 17.6 Å². The van der Waals surface area contributed by atoms with Crippen molar-refractivity contribution in [3.63, 3.8) is 0 Å². The highest BCUT2D eigenvalue weighted by molar-refractivity contribution is 7.89. The maximum Gasteiger partial charge on any atom is 0.244 e. The van der Waals surface area contributed by atoms with E-state index in [1.165, 1.54) is 12.1 Å². The predicted octanol–water partition coefficient (Wildman–Crippen LogP) is 1.74. The molecule has 0 fully saturated rings. The molecule has 126 valence electrons. The van der Waals surface area contributed by atoms with E-state index in [1.807, 2.05) is 18.2 Å². The average Bonchev–Trinajstić information content (AvgIpc) is 2.56. The molecular weight excluding hydrogens is 331 g/mol. The van der Waals surface area contributed by atoms with E-state index in [2.05, 4.69) is 0 Å². The summed E-state index contributed by atoms with van der Waals surface area (Å²) in [5.74, 6) is -1.33. The standard InChI is InChI=1S/C17H17FN2O3S/c1-11-6-7-14(9-15(11)18)24(22,23)20-10-13-5-3-2-4-12(13)8-16(20)17(19)21/h2-7,9,16H,8,10H2,1H3,(H2,19,21)/t16-/m0/s1. The van der Waals surface area contributed by atoms with E-state index >= 15 is 0 Å². The van der Waals surface area contributed by atoms with E-state index in [4.69, 9.17) is 5.73 Å². The number of rotatable bonds is 3. The van der Waals surface area contributed by atoms with Crippen LogP contribution in [0.5, 0.6) is 0 Å². The van der Waals surface area contributed by atoms with Gasteiger partial charge in [0.25, 0.3) is 0 Å². The number of benzene rings is 2. The molecule has 0 saturated heterocycles. The molecule has 1 atom stereocenters. The Bertz CT molecular complexity index is 912. The van der Waals surface area contributed by atoms with Gasteiger partial charge in [-0.05, 0) is 42.2 Å². The average molecular weight is 348 g/mol. The number of hydrogen-bond donors (Lipinski definition) is 1. The lowest BCUT2D eigenvalue weighted by molar-refractivity contribution is -0.122. The summed E-state index contributed by atoms with van der Waals surface area (Å²) in [4.78, 5) is 11.6. The van der Waals surface area contributed by atoms with Gasteiger partial charge in [0.2, 0.25) is 15.9 Å². The van der Waals surface area contributed by atoms with Crippen molar-refractivity contribution in [2.75, 3.05) is 0 Å². The van der Waals surface area contributed by atoms with Crippen LogP contribution in [0.2, 0.25) is 0 Å². The number of fused-ring (bicyclic) bond motifs is 1. The summed E-state index contributed by atoms with van der Waals surface area (Å²) < 4.78 is 40.7. The Morgan fingerprint density at radius 1 is 1.21 bits per heavy atom. The second-order valence-corrected chi connectivity index (χ2v) is 7.74. The van der Waals surface area contributed by atoms with Crippen molar-refractivity contribution in [3.8, 4) is 0 Å². The number of primary amides is 1. The van der Waals surface area contributed by atoms with Gasteiger partial charge in [-0.3, -0.25) is 4.79 Å². The van der Waals surface area contributed by atoms with Crippen molar-refractivity contribution in [1.82, 2.24) is 4.31 Å². The lowest BCUT2D eigenvalue weighted by Gasteiger charge is -2.34. The first kappa shape index (κ1) is 16.6. The van der Waals surface area contributed by atoms with Crippen molar-refractivity contribution >= 4 is 15.9 Å². The summed E-state index contributed by atoms with van der Waals surface area (Å²) in [5, 5.41) is 0. The Kier molecular flexibility index (Phi) is 4.15. The van der Waals surface area contributed by atoms with Crippen LogP contribution >= 0.6 is 0 Å². The number of amides is 1. The summed E-state index contributed by atoms with van der Waals surface area (Å²) in [6.45, 7) is 1.58. The smallest absolute Gasteiger partial charge is 0.244 e. The fourth-order valence-electron chi connectivity index (χ4n) is 2.86. The first-order valence-electron chi connectivity index (χ1n) is 7.45. The fraction of sp³-hybridized carbons (Fsp3) is 0.235. The van der Waals surface area contributed by atoms with Crippen molar-refractivity contribution in [2.24, 2.45) is 5.73 Å². The van der Waals surface area contributed by atoms with E-state index in [-0.39, 0.29) is 17.9 Å². The molecule has 0 radical (unpaired) electrons. The molecule has 1 aliphatic heterocycles. The molecule has 7 heteroatoms. The van der Waals surface area contributed by atoms with Crippen LogP contribution < -0.4 is 5.73 Å². The van der Waals surface area contributed by atoms with Gasteiger partial charge >= 0.3 is 0 Å². The van der Waals surface area contributed by atoms with Gasteiger partial charge in [-0.15, -0.1) is 0 Å². The number of carbonyl (C=O) groups is 1. The van der Waals surface area contributed by atoms with Crippen molar-refractivity contribution in [3.05, 3.63) is 65.0 Å². The number of nitrogens with zero attached hydrogens (tertiary/aromatic N) is 1. The minimum absolute atomic E-state index is 0.0294. The summed E-state index contributed by atoms with van der Waals surface area (Å²) >= 11 is 0. The molecule has 0 bridgehead atoms. The number of nitrogens with two attached hydrogens (primary N) is 1. The van der Waals surface area contributed by atoms with Crippen LogP contribution in [0.4, 0.5) is 4.39 Å². The zero-order valence-electron chi connectivity index (χ0n) is 13.1. The quantitative estimate of drug-likeness (QED) is 0.917. The summed E-state index contributed by atoms with van der Waals surface area (Å²) in [7, 11) is -4.05. The zero-order valence-corrected chi connectivity index (χ0v) is 13.9. The molecule has 0 unspecified atom stereocenters. The first-order chi connectivity index (χ1) is 11.3. The molecule has 2 N–H and O–H groups in total. The highest BCUT2D eigenvalue weighted by Crippen LogP contribution is 2.29. The van der Waals surface area contributed by atoms with E-state index in [0.717, 1.165) is 21.5 Å². The molecule has 2 aromatic carbocycles. The van der Waals surface area contributed by atoms with Gasteiger partial charge < -0.3 is 5.73 Å². The van der Waals surface area contributed by atoms with Crippen LogP contribution in [-0.4, -0.2) is 24.7 Å². The van der Waals surface area contributed by atoms with E-state index in [9.17, 15) is 17.6 Å². The molecular formula is C17H17FN2O3S. The molecule has 0 saturated carbocycles. The number of halogens is 1. The van der Waals surface area contributed by atoms with Crippen molar-refractivity contribution in [2.45, 2.75) is 30.8 Å². The molecule has 1 aliphatic rings. The summed E-state index contributed by atoms with van der Waals surface area (Å²) in [6.07, 6.45) is 0.207. The molecule has 0 aromatic heterocycles. The second kappa shape index (κ2) is 5.99. The Morgan fingerprint density at radius 3 is 2.50 bits per heavy atom. The van der Waals surface area contributed by atoms with Crippen LogP contribution in [0.1, 0.15) is 16.7 Å². The zero-order chi connectivity index (χ0) is 17.5. The van der Waals surface area contributed by atoms with Crippen LogP contribution in [0.3, 0.4) is 0 Å². The maximum atomic E-state index is 13.8. The van der Waals surface area contributed by atoms with Crippen LogP contribution in [0.15, 0.2) is 47.4 Å². The molecule has 0 spiro atoms. The minimum Gasteiger partial charge on any atom is -0.368 e. The number of carbonyl (C=O) groups excluding carboxylic acids is 1. The van der Waals surface area contributed by atoms with Crippen LogP contribution in [0.25, 0.3) is 0 Å². The fourth-order valence-corrected chi connectivity index (χ4v) is 4.45. The van der Waals surface area contributed by atoms with Gasteiger partial charge in [0.15, 0.2) is 0 Å². The Hall–Kier alpha value is -2.25. The monoisotopic (exact) mass is 348 g/mol. The number of hydrogen-bond acceptors (Lipinski definition) is 3. The third-order valence-electron chi connectivity index (χ3n) is 4.28. The highest BCUT2D eigenvalue weighted by atomic mass is 32.2. The van der Waals surface area contributed by atoms with Gasteiger partial charge in [0.1, 0.15) is 11.9 Å². The summed E-state index contributed by atoms with van der Waals surface area (Å²) in [5.41, 5.74) is 7.48. The molecule has 2 aromatic rings. The van der Waals surface area contributed by atoms with Gasteiger partial charge in [0.05, 0.1) is 4.90 Å². The SMILES string of the molecule is Cc1ccc(S(=O)(=O)N2Cc3ccccc3C[C@H]2C(N)=O)cc1F. The molecule has 1 amide bonds. The minimum atomic E-state index is -4.05. The molecule has 3 rings (SSSR count). The van der Waals surface area contributed by atoms with Gasteiger partial charge in [-0.2, -0.15) is 4.31 Å². The van der Waals surface area contributed by atoms with Crippen LogP contribution in [0, 0.1) is 12.7 Å². The number of aryl methyl sites for hydroxylation is 1. The third-order valence-corrected chi connectivity index (χ3v) is 6.13. The van der Waals surface area contributed by atoms with Crippen LogP contribution in [-0.2, 0) is 27.8 Å². The van der Waals surface area contributed by atoms with E-state index in [0.29, 0.717) is 5.56 Å². The number of sulfonamides is 1. The van der Waals surface area contributed by atoms with Crippen molar-refractivity contribution in [1.29, 1.82) is 0 Å². The summed E-state index contributed by atoms with van der Waals surface area (Å²) in [6, 6.07) is 10.0. The largest absolute Gasteiger partial charge is 0.368 e. The lowest BCUT2D eigenvalue weighted by Crippen LogP contribution is -2.51. The van der Waals surface area contributed by atoms with Gasteiger partial charge in [0, 0.05) is 6.54 Å². The predicted molar refractivity (Wildman–Crippen MR) is 87.0 cm³/mol. The maximum absolute atomic E-state index is 13.8. The van der Waals surface area contributed by atoms with Gasteiger partial charge in [-0.25, -0.2) is 12.8 Å². The molecule has 5 nitrogen and oxygen atoms in total. The highest BCUT2D eigenvalue weighted by Gasteiger charge is 2.38. The third kappa shape index (κ3) is 2.81. The molecule has 24 heavy (non-hydrogen) atoms. The van der Waals surface area contributed by atoms with E-state index in [1.54, 1.807) is 13.0 Å². The Morgan fingerprint density at radius 2 is 1.88 bits per heavy atom. The molecule has 0 aliphatic carbocycles. The normalized spacial score (nSPS) is 18.2. The Labute approximate surface area is 139 Å². The lowest BCUT2D eigenvalue weighted by atomic mass is 9.96. The Balaban J connectivity index is 2.07.